The van der Waals surface area contributed by atoms with E-state index in [0.29, 0.717) is 40.6 Å². The van der Waals surface area contributed by atoms with Gasteiger partial charge in [0.25, 0.3) is 0 Å². The molecule has 0 radical (unpaired) electrons. The summed E-state index contributed by atoms with van der Waals surface area (Å²) in [6.07, 6.45) is 3.50. The van der Waals surface area contributed by atoms with Gasteiger partial charge in [0.15, 0.2) is 5.75 Å². The Hall–Kier alpha value is -3.86. The summed E-state index contributed by atoms with van der Waals surface area (Å²) >= 11 is 0. The number of aromatic nitrogens is 3. The van der Waals surface area contributed by atoms with Crippen LogP contribution in [0.5, 0.6) is 5.75 Å². The second-order valence-corrected chi connectivity index (χ2v) is 7.61. The smallest absolute Gasteiger partial charge is 0.229 e. The van der Waals surface area contributed by atoms with Crippen molar-refractivity contribution >= 4 is 11.7 Å². The number of nitrogens with zero attached hydrogens (tertiary/aromatic N) is 4. The molecular formula is C23H20FN5O2. The van der Waals surface area contributed by atoms with Crippen molar-refractivity contribution in [2.24, 2.45) is 5.92 Å². The lowest BCUT2D eigenvalue weighted by atomic mass is 9.93. The number of aryl methyl sites for hydroxylation is 2. The molecule has 0 aliphatic heterocycles. The van der Waals surface area contributed by atoms with Gasteiger partial charge in [-0.3, -0.25) is 4.79 Å². The van der Waals surface area contributed by atoms with Gasteiger partial charge in [0.05, 0.1) is 30.0 Å². The Morgan fingerprint density at radius 1 is 1.29 bits per heavy atom. The van der Waals surface area contributed by atoms with Crippen LogP contribution in [0.3, 0.4) is 0 Å². The number of anilines is 1. The van der Waals surface area contributed by atoms with Crippen molar-refractivity contribution in [1.29, 1.82) is 5.26 Å². The monoisotopic (exact) mass is 417 g/mol. The molecule has 31 heavy (non-hydrogen) atoms. The van der Waals surface area contributed by atoms with Crippen molar-refractivity contribution in [3.05, 3.63) is 77.3 Å². The first-order chi connectivity index (χ1) is 14.9. The molecule has 1 saturated carbocycles. The van der Waals surface area contributed by atoms with Gasteiger partial charge in [0.2, 0.25) is 5.91 Å². The van der Waals surface area contributed by atoms with E-state index in [1.807, 2.05) is 13.0 Å². The predicted octanol–water partition coefficient (Wildman–Crippen LogP) is 3.47. The number of carbonyl (C=O) groups excluding carboxylic acids is 1. The maximum atomic E-state index is 13.9. The van der Waals surface area contributed by atoms with Gasteiger partial charge < -0.3 is 10.1 Å². The number of rotatable bonds is 6. The van der Waals surface area contributed by atoms with Crippen LogP contribution in [0.15, 0.2) is 48.8 Å². The van der Waals surface area contributed by atoms with E-state index >= 15 is 0 Å². The predicted molar refractivity (Wildman–Crippen MR) is 111 cm³/mol. The van der Waals surface area contributed by atoms with Crippen LogP contribution in [-0.4, -0.2) is 27.5 Å². The van der Waals surface area contributed by atoms with E-state index in [1.165, 1.54) is 18.3 Å². The fourth-order valence-corrected chi connectivity index (χ4v) is 3.68. The van der Waals surface area contributed by atoms with E-state index in [1.54, 1.807) is 37.4 Å². The largest absolute Gasteiger partial charge is 0.489 e. The van der Waals surface area contributed by atoms with E-state index in [0.717, 1.165) is 0 Å². The average Bonchev–Trinajstić information content (AvgIpc) is 3.50. The van der Waals surface area contributed by atoms with Crippen LogP contribution in [0.2, 0.25) is 0 Å². The van der Waals surface area contributed by atoms with Gasteiger partial charge in [-0.05, 0) is 50.1 Å². The zero-order chi connectivity index (χ0) is 22.0. The maximum Gasteiger partial charge on any atom is 0.229 e. The Labute approximate surface area is 179 Å². The Balaban J connectivity index is 1.55. The number of amides is 1. The zero-order valence-electron chi connectivity index (χ0n) is 17.1. The first-order valence-electron chi connectivity index (χ1n) is 9.77. The van der Waals surface area contributed by atoms with Crippen molar-refractivity contribution in [3.8, 4) is 11.8 Å². The summed E-state index contributed by atoms with van der Waals surface area (Å²) < 4.78 is 19.9. The molecule has 1 fully saturated rings. The minimum Gasteiger partial charge on any atom is -0.489 e. The second-order valence-electron chi connectivity index (χ2n) is 7.61. The quantitative estimate of drug-likeness (QED) is 0.659. The molecule has 1 aromatic carbocycles. The summed E-state index contributed by atoms with van der Waals surface area (Å²) in [6.45, 7) is 3.80. The number of benzene rings is 1. The highest BCUT2D eigenvalue weighted by Crippen LogP contribution is 2.55. The molecule has 1 amide bonds. The van der Waals surface area contributed by atoms with Crippen LogP contribution >= 0.6 is 0 Å². The van der Waals surface area contributed by atoms with Gasteiger partial charge in [-0.1, -0.05) is 12.1 Å². The summed E-state index contributed by atoms with van der Waals surface area (Å²) in [5.41, 5.74) is 1.13. The van der Waals surface area contributed by atoms with Crippen molar-refractivity contribution in [2.45, 2.75) is 25.7 Å². The molecule has 2 aromatic heterocycles. The molecule has 1 aliphatic carbocycles. The Kier molecular flexibility index (Phi) is 5.34. The van der Waals surface area contributed by atoms with Crippen molar-refractivity contribution in [1.82, 2.24) is 15.0 Å². The van der Waals surface area contributed by atoms with Crippen LogP contribution in [-0.2, 0) is 10.2 Å². The number of pyridine rings is 1. The third-order valence-electron chi connectivity index (χ3n) is 5.48. The van der Waals surface area contributed by atoms with Gasteiger partial charge in [0, 0.05) is 11.6 Å². The standard InChI is InChI=1S/C23H20FN5O2/c1-14-20(12-26-15(2)28-14)31-13-23(17-4-3-5-18(24)8-17)9-19(23)22(30)29-21-7-6-16(10-25)11-27-21/h3-8,11-12,19H,9,13H2,1-2H3,(H,27,29,30). The molecule has 3 aromatic rings. The third kappa shape index (κ3) is 4.21. The number of halogens is 1. The van der Waals surface area contributed by atoms with Gasteiger partial charge >= 0.3 is 0 Å². The van der Waals surface area contributed by atoms with Crippen molar-refractivity contribution in [3.63, 3.8) is 0 Å². The number of hydrogen-bond acceptors (Lipinski definition) is 6. The molecule has 1 N–H and O–H groups in total. The van der Waals surface area contributed by atoms with E-state index in [2.05, 4.69) is 20.3 Å². The molecule has 0 bridgehead atoms. The molecular weight excluding hydrogens is 397 g/mol. The minimum atomic E-state index is -0.671. The highest BCUT2D eigenvalue weighted by molar-refractivity contribution is 5.95. The highest BCUT2D eigenvalue weighted by atomic mass is 19.1. The summed E-state index contributed by atoms with van der Waals surface area (Å²) in [5.74, 6) is 0.504. The molecule has 1 aliphatic rings. The van der Waals surface area contributed by atoms with Crippen LogP contribution in [0.4, 0.5) is 10.2 Å². The molecule has 8 heteroatoms. The number of ether oxygens (including phenoxy) is 1. The van der Waals surface area contributed by atoms with E-state index < -0.39 is 11.3 Å². The highest BCUT2D eigenvalue weighted by Gasteiger charge is 2.60. The van der Waals surface area contributed by atoms with Crippen LogP contribution in [0, 0.1) is 36.9 Å². The van der Waals surface area contributed by atoms with Crippen molar-refractivity contribution in [2.75, 3.05) is 11.9 Å². The number of carbonyl (C=O) groups is 1. The molecule has 7 nitrogen and oxygen atoms in total. The average molecular weight is 417 g/mol. The normalized spacial score (nSPS) is 19.4. The number of nitrogens with one attached hydrogen (secondary N) is 1. The zero-order valence-corrected chi connectivity index (χ0v) is 17.1. The Morgan fingerprint density at radius 2 is 2.13 bits per heavy atom. The summed E-state index contributed by atoms with van der Waals surface area (Å²) in [5, 5.41) is 11.7. The summed E-state index contributed by atoms with van der Waals surface area (Å²) in [6, 6.07) is 11.4. The third-order valence-corrected chi connectivity index (χ3v) is 5.48. The molecule has 4 rings (SSSR count). The number of nitriles is 1. The van der Waals surface area contributed by atoms with Gasteiger partial charge in [-0.15, -0.1) is 0 Å². The van der Waals surface area contributed by atoms with Crippen LogP contribution < -0.4 is 10.1 Å². The first kappa shape index (κ1) is 20.4. The lowest BCUT2D eigenvalue weighted by Crippen LogP contribution is -2.27. The van der Waals surface area contributed by atoms with Crippen LogP contribution in [0.1, 0.15) is 29.1 Å². The minimum absolute atomic E-state index is 0.183. The SMILES string of the molecule is Cc1ncc(OCC2(c3cccc(F)c3)CC2C(=O)Nc2ccc(C#N)cn2)c(C)n1. The van der Waals surface area contributed by atoms with Gasteiger partial charge in [-0.2, -0.15) is 5.26 Å². The molecule has 2 atom stereocenters. The lowest BCUT2D eigenvalue weighted by molar-refractivity contribution is -0.117. The van der Waals surface area contributed by atoms with E-state index in [-0.39, 0.29) is 18.3 Å². The number of hydrogen-bond donors (Lipinski definition) is 1. The van der Waals surface area contributed by atoms with E-state index in [4.69, 9.17) is 10.00 Å². The maximum absolute atomic E-state index is 13.9. The van der Waals surface area contributed by atoms with Gasteiger partial charge in [-0.25, -0.2) is 19.3 Å². The van der Waals surface area contributed by atoms with Crippen LogP contribution in [0.25, 0.3) is 0 Å². The first-order valence-corrected chi connectivity index (χ1v) is 9.77. The van der Waals surface area contributed by atoms with E-state index in [9.17, 15) is 9.18 Å². The molecule has 0 saturated heterocycles. The van der Waals surface area contributed by atoms with Crippen molar-refractivity contribution < 1.29 is 13.9 Å². The summed E-state index contributed by atoms with van der Waals surface area (Å²) in [4.78, 5) is 25.5. The molecule has 0 spiro atoms. The molecule has 2 heterocycles. The Morgan fingerprint density at radius 3 is 2.81 bits per heavy atom. The molecule has 2 unspecified atom stereocenters. The fraction of sp³-hybridized carbons (Fsp3) is 0.261. The lowest BCUT2D eigenvalue weighted by Gasteiger charge is -2.19. The van der Waals surface area contributed by atoms with Gasteiger partial charge in [0.1, 0.15) is 23.5 Å². The second kappa shape index (κ2) is 8.11. The topological polar surface area (TPSA) is 101 Å². The Bertz CT molecular complexity index is 1180. The fourth-order valence-electron chi connectivity index (χ4n) is 3.68. The molecule has 156 valence electrons. The summed E-state index contributed by atoms with van der Waals surface area (Å²) in [7, 11) is 0.